The summed E-state index contributed by atoms with van der Waals surface area (Å²) in [5, 5.41) is 5.62. The van der Waals surface area contributed by atoms with Crippen LogP contribution in [0.2, 0.25) is 0 Å². The summed E-state index contributed by atoms with van der Waals surface area (Å²) in [5.74, 6) is 0.621. The molecule has 1 aromatic heterocycles. The van der Waals surface area contributed by atoms with E-state index in [0.717, 1.165) is 22.9 Å². The van der Waals surface area contributed by atoms with Crippen LogP contribution in [0.15, 0.2) is 23.6 Å². The molecule has 3 nitrogen and oxygen atoms in total. The van der Waals surface area contributed by atoms with E-state index < -0.39 is 0 Å². The summed E-state index contributed by atoms with van der Waals surface area (Å²) in [6.45, 7) is 0.765. The van der Waals surface area contributed by atoms with Gasteiger partial charge in [-0.1, -0.05) is 0 Å². The third-order valence-electron chi connectivity index (χ3n) is 3.24. The van der Waals surface area contributed by atoms with Crippen LogP contribution in [-0.4, -0.2) is 18.7 Å². The molecule has 4 heteroatoms. The normalized spacial score (nSPS) is 14.7. The van der Waals surface area contributed by atoms with Gasteiger partial charge < -0.3 is 5.32 Å². The number of carbonyl (C=O) groups is 2. The lowest BCUT2D eigenvalue weighted by Crippen LogP contribution is -2.25. The van der Waals surface area contributed by atoms with Crippen molar-refractivity contribution in [2.45, 2.75) is 12.8 Å². The van der Waals surface area contributed by atoms with Crippen molar-refractivity contribution in [3.63, 3.8) is 0 Å². The average molecular weight is 259 g/mol. The highest BCUT2D eigenvalue weighted by Gasteiger charge is 2.21. The molecule has 0 saturated heterocycles. The highest BCUT2D eigenvalue weighted by atomic mass is 32.1. The monoisotopic (exact) mass is 259 g/mol. The highest BCUT2D eigenvalue weighted by Crippen LogP contribution is 2.28. The van der Waals surface area contributed by atoms with Crippen molar-refractivity contribution >= 4 is 33.6 Å². The van der Waals surface area contributed by atoms with Crippen LogP contribution in [0.3, 0.4) is 0 Å². The number of thiophene rings is 1. The summed E-state index contributed by atoms with van der Waals surface area (Å²) in [5.41, 5.74) is 1.29. The van der Waals surface area contributed by atoms with E-state index >= 15 is 0 Å². The summed E-state index contributed by atoms with van der Waals surface area (Å²) in [6, 6.07) is 5.52. The zero-order valence-corrected chi connectivity index (χ0v) is 10.6. The molecular formula is C14H13NO2S. The number of hydrogen-bond donors (Lipinski definition) is 1. The smallest absolute Gasteiger partial charge is 0.251 e. The van der Waals surface area contributed by atoms with Gasteiger partial charge in [0.15, 0.2) is 6.29 Å². The molecule has 1 fully saturated rings. The van der Waals surface area contributed by atoms with Crippen LogP contribution in [0.5, 0.6) is 0 Å². The summed E-state index contributed by atoms with van der Waals surface area (Å²) in [6.07, 6.45) is 3.28. The van der Waals surface area contributed by atoms with Crippen molar-refractivity contribution in [2.75, 3.05) is 6.54 Å². The van der Waals surface area contributed by atoms with Gasteiger partial charge in [0, 0.05) is 33.1 Å². The SMILES string of the molecule is O=Cc1csc2ccc(C(=O)NCC3CC3)cc12. The molecule has 2 aromatic rings. The lowest BCUT2D eigenvalue weighted by atomic mass is 10.1. The Morgan fingerprint density at radius 1 is 1.44 bits per heavy atom. The first-order valence-electron chi connectivity index (χ1n) is 6.02. The van der Waals surface area contributed by atoms with Gasteiger partial charge in [-0.25, -0.2) is 0 Å². The van der Waals surface area contributed by atoms with Gasteiger partial charge in [0.1, 0.15) is 0 Å². The third kappa shape index (κ3) is 2.16. The molecule has 1 aromatic carbocycles. The predicted molar refractivity (Wildman–Crippen MR) is 72.3 cm³/mol. The Labute approximate surface area is 109 Å². The molecule has 92 valence electrons. The van der Waals surface area contributed by atoms with Gasteiger partial charge in [-0.05, 0) is 37.0 Å². The average Bonchev–Trinajstić information content (AvgIpc) is 3.14. The van der Waals surface area contributed by atoms with Crippen LogP contribution in [0.1, 0.15) is 33.6 Å². The van der Waals surface area contributed by atoms with Crippen molar-refractivity contribution in [3.05, 3.63) is 34.7 Å². The standard InChI is InChI=1S/C14H13NO2S/c16-7-11-8-18-13-4-3-10(5-12(11)13)14(17)15-6-9-1-2-9/h3-5,7-9H,1-2,6H2,(H,15,17). The van der Waals surface area contributed by atoms with Gasteiger partial charge in [-0.3, -0.25) is 9.59 Å². The number of amides is 1. The Kier molecular flexibility index (Phi) is 2.88. The number of fused-ring (bicyclic) bond motifs is 1. The van der Waals surface area contributed by atoms with E-state index in [2.05, 4.69) is 5.32 Å². The van der Waals surface area contributed by atoms with Gasteiger partial charge in [0.2, 0.25) is 0 Å². The summed E-state index contributed by atoms with van der Waals surface area (Å²) >= 11 is 1.52. The minimum absolute atomic E-state index is 0.0492. The molecule has 1 N–H and O–H groups in total. The molecule has 0 radical (unpaired) electrons. The Bertz CT molecular complexity index is 613. The molecule has 18 heavy (non-hydrogen) atoms. The summed E-state index contributed by atoms with van der Waals surface area (Å²) < 4.78 is 1.04. The van der Waals surface area contributed by atoms with Crippen LogP contribution in [0, 0.1) is 5.92 Å². The van der Waals surface area contributed by atoms with Crippen LogP contribution in [-0.2, 0) is 0 Å². The first kappa shape index (κ1) is 11.4. The fourth-order valence-corrected chi connectivity index (χ4v) is 2.83. The van der Waals surface area contributed by atoms with Gasteiger partial charge >= 0.3 is 0 Å². The van der Waals surface area contributed by atoms with E-state index in [1.165, 1.54) is 24.2 Å². The van der Waals surface area contributed by atoms with E-state index in [1.807, 2.05) is 17.5 Å². The molecule has 0 spiro atoms. The van der Waals surface area contributed by atoms with Gasteiger partial charge in [-0.2, -0.15) is 0 Å². The molecule has 1 heterocycles. The lowest BCUT2D eigenvalue weighted by molar-refractivity contribution is 0.0951. The maximum atomic E-state index is 11.9. The Morgan fingerprint density at radius 3 is 3.00 bits per heavy atom. The minimum atomic E-state index is -0.0492. The fraction of sp³-hybridized carbons (Fsp3) is 0.286. The summed E-state index contributed by atoms with van der Waals surface area (Å²) in [4.78, 5) is 22.8. The van der Waals surface area contributed by atoms with Crippen molar-refractivity contribution < 1.29 is 9.59 Å². The third-order valence-corrected chi connectivity index (χ3v) is 4.22. The van der Waals surface area contributed by atoms with Crippen LogP contribution in [0.25, 0.3) is 10.1 Å². The van der Waals surface area contributed by atoms with Crippen molar-refractivity contribution in [1.29, 1.82) is 0 Å². The number of aldehydes is 1. The first-order chi connectivity index (χ1) is 8.78. The highest BCUT2D eigenvalue weighted by molar-refractivity contribution is 7.17. The maximum absolute atomic E-state index is 11.9. The molecule has 0 aliphatic heterocycles. The fourth-order valence-electron chi connectivity index (χ4n) is 1.94. The molecule has 0 atom stereocenters. The van der Waals surface area contributed by atoms with Crippen LogP contribution < -0.4 is 5.32 Å². The van der Waals surface area contributed by atoms with Gasteiger partial charge in [-0.15, -0.1) is 11.3 Å². The first-order valence-corrected chi connectivity index (χ1v) is 6.90. The molecule has 0 bridgehead atoms. The lowest BCUT2D eigenvalue weighted by Gasteiger charge is -2.04. The molecular weight excluding hydrogens is 246 g/mol. The maximum Gasteiger partial charge on any atom is 0.251 e. The number of benzene rings is 1. The molecule has 0 unspecified atom stereocenters. The second kappa shape index (κ2) is 4.53. The Balaban J connectivity index is 1.86. The van der Waals surface area contributed by atoms with E-state index in [0.29, 0.717) is 17.0 Å². The second-order valence-electron chi connectivity index (χ2n) is 4.67. The number of nitrogens with one attached hydrogen (secondary N) is 1. The van der Waals surface area contributed by atoms with E-state index in [1.54, 1.807) is 6.07 Å². The molecule has 1 saturated carbocycles. The molecule has 1 amide bonds. The number of rotatable bonds is 4. The van der Waals surface area contributed by atoms with Crippen molar-refractivity contribution in [2.24, 2.45) is 5.92 Å². The van der Waals surface area contributed by atoms with Crippen molar-refractivity contribution in [1.82, 2.24) is 5.32 Å². The quantitative estimate of drug-likeness (QED) is 0.858. The zero-order valence-electron chi connectivity index (χ0n) is 9.81. The minimum Gasteiger partial charge on any atom is -0.352 e. The van der Waals surface area contributed by atoms with Crippen LogP contribution in [0.4, 0.5) is 0 Å². The van der Waals surface area contributed by atoms with Crippen molar-refractivity contribution in [3.8, 4) is 0 Å². The van der Waals surface area contributed by atoms with E-state index in [9.17, 15) is 9.59 Å². The van der Waals surface area contributed by atoms with Crippen LogP contribution >= 0.6 is 11.3 Å². The van der Waals surface area contributed by atoms with E-state index in [-0.39, 0.29) is 5.91 Å². The zero-order chi connectivity index (χ0) is 12.5. The largest absolute Gasteiger partial charge is 0.352 e. The second-order valence-corrected chi connectivity index (χ2v) is 5.58. The molecule has 3 rings (SSSR count). The topological polar surface area (TPSA) is 46.2 Å². The number of hydrogen-bond acceptors (Lipinski definition) is 3. The molecule has 1 aliphatic rings. The predicted octanol–water partition coefficient (Wildman–Crippen LogP) is 2.85. The molecule has 1 aliphatic carbocycles. The Morgan fingerprint density at radius 2 is 2.28 bits per heavy atom. The van der Waals surface area contributed by atoms with E-state index in [4.69, 9.17) is 0 Å². The van der Waals surface area contributed by atoms with Gasteiger partial charge in [0.25, 0.3) is 5.91 Å². The van der Waals surface area contributed by atoms with Gasteiger partial charge in [0.05, 0.1) is 0 Å². The number of carbonyl (C=O) groups excluding carboxylic acids is 2. The Hall–Kier alpha value is -1.68. The summed E-state index contributed by atoms with van der Waals surface area (Å²) in [7, 11) is 0.